The Kier molecular flexibility index (Phi) is 6.88. The molecule has 3 aromatic carbocycles. The number of nitrogens with zero attached hydrogens (tertiary/aromatic N) is 1. The van der Waals surface area contributed by atoms with Crippen molar-refractivity contribution >= 4 is 22.7 Å². The quantitative estimate of drug-likeness (QED) is 0.235. The van der Waals surface area contributed by atoms with Crippen LogP contribution in [0.25, 0.3) is 10.9 Å². The standard InChI is InChI=1S/C30H29N3O4/c1-20-15-23(25-9-5-6-10-27(25)32-20)19-37-24-13-11-21(12-14-24)16-30(17-26(30)28(34)33-36)29(35)31-18-22-7-3-2-4-8-22/h2-15,26,36H,16-19H2,1H3,(H,31,35)(H,33,34). The Hall–Kier alpha value is -4.23. The van der Waals surface area contributed by atoms with Crippen LogP contribution in [0.1, 0.15) is 28.8 Å². The lowest BCUT2D eigenvalue weighted by atomic mass is 9.92. The number of amides is 2. The van der Waals surface area contributed by atoms with E-state index in [4.69, 9.17) is 9.94 Å². The Morgan fingerprint density at radius 2 is 1.73 bits per heavy atom. The topological polar surface area (TPSA) is 101 Å². The maximum absolute atomic E-state index is 13.2. The van der Waals surface area contributed by atoms with Gasteiger partial charge in [0.2, 0.25) is 11.8 Å². The number of para-hydroxylation sites is 1. The zero-order valence-electron chi connectivity index (χ0n) is 20.6. The van der Waals surface area contributed by atoms with Gasteiger partial charge in [-0.15, -0.1) is 0 Å². The van der Waals surface area contributed by atoms with Crippen molar-refractivity contribution in [2.75, 3.05) is 0 Å². The maximum atomic E-state index is 13.2. The summed E-state index contributed by atoms with van der Waals surface area (Å²) in [5, 5.41) is 13.2. The number of nitrogens with one attached hydrogen (secondary N) is 2. The fourth-order valence-electron chi connectivity index (χ4n) is 4.95. The molecule has 7 heteroatoms. The van der Waals surface area contributed by atoms with E-state index in [9.17, 15) is 9.59 Å². The molecule has 2 atom stereocenters. The highest BCUT2D eigenvalue weighted by molar-refractivity contribution is 5.95. The number of hydrogen-bond acceptors (Lipinski definition) is 5. The van der Waals surface area contributed by atoms with Crippen LogP contribution in [-0.2, 0) is 29.2 Å². The van der Waals surface area contributed by atoms with Gasteiger partial charge >= 0.3 is 0 Å². The summed E-state index contributed by atoms with van der Waals surface area (Å²) in [4.78, 5) is 30.0. The van der Waals surface area contributed by atoms with Gasteiger partial charge in [0.1, 0.15) is 12.4 Å². The molecule has 1 saturated carbocycles. The molecule has 0 bridgehead atoms. The number of fused-ring (bicyclic) bond motifs is 1. The number of rotatable bonds is 9. The summed E-state index contributed by atoms with van der Waals surface area (Å²) < 4.78 is 6.06. The molecule has 0 spiro atoms. The van der Waals surface area contributed by atoms with Gasteiger partial charge in [-0.2, -0.15) is 0 Å². The second-order valence-corrected chi connectivity index (χ2v) is 9.61. The summed E-state index contributed by atoms with van der Waals surface area (Å²) in [7, 11) is 0. The number of hydroxylamine groups is 1. The molecule has 0 radical (unpaired) electrons. The first-order chi connectivity index (χ1) is 18.0. The van der Waals surface area contributed by atoms with E-state index in [1.807, 2.05) is 91.9 Å². The van der Waals surface area contributed by atoms with Crippen molar-refractivity contribution in [1.29, 1.82) is 0 Å². The van der Waals surface area contributed by atoms with E-state index in [1.165, 1.54) is 0 Å². The van der Waals surface area contributed by atoms with Crippen molar-refractivity contribution in [1.82, 2.24) is 15.8 Å². The molecule has 37 heavy (non-hydrogen) atoms. The van der Waals surface area contributed by atoms with Gasteiger partial charge in [-0.25, -0.2) is 5.48 Å². The van der Waals surface area contributed by atoms with E-state index in [0.717, 1.165) is 33.3 Å². The van der Waals surface area contributed by atoms with Crippen LogP contribution in [0.2, 0.25) is 0 Å². The highest BCUT2D eigenvalue weighted by atomic mass is 16.5. The van der Waals surface area contributed by atoms with Crippen LogP contribution in [0.3, 0.4) is 0 Å². The molecule has 2 amide bonds. The number of aryl methyl sites for hydroxylation is 1. The zero-order chi connectivity index (χ0) is 25.8. The van der Waals surface area contributed by atoms with Crippen LogP contribution in [0.15, 0.2) is 84.9 Å². The third-order valence-corrected chi connectivity index (χ3v) is 7.02. The summed E-state index contributed by atoms with van der Waals surface area (Å²) in [5.41, 5.74) is 5.67. The molecule has 1 aromatic heterocycles. The highest BCUT2D eigenvalue weighted by Gasteiger charge is 2.63. The first kappa shape index (κ1) is 24.5. The molecule has 1 aliphatic rings. The van der Waals surface area contributed by atoms with E-state index >= 15 is 0 Å². The second-order valence-electron chi connectivity index (χ2n) is 9.61. The van der Waals surface area contributed by atoms with Crippen LogP contribution < -0.4 is 15.5 Å². The summed E-state index contributed by atoms with van der Waals surface area (Å²) in [6.07, 6.45) is 0.771. The largest absolute Gasteiger partial charge is 0.489 e. The number of benzene rings is 3. The number of carbonyl (C=O) groups excluding carboxylic acids is 2. The number of ether oxygens (including phenoxy) is 1. The third-order valence-electron chi connectivity index (χ3n) is 7.02. The normalized spacial score (nSPS) is 18.3. The molecule has 0 aliphatic heterocycles. The lowest BCUT2D eigenvalue weighted by Crippen LogP contribution is -2.37. The lowest BCUT2D eigenvalue weighted by molar-refractivity contribution is -0.135. The van der Waals surface area contributed by atoms with Crippen molar-refractivity contribution in [2.24, 2.45) is 11.3 Å². The van der Waals surface area contributed by atoms with Crippen molar-refractivity contribution in [2.45, 2.75) is 32.9 Å². The monoisotopic (exact) mass is 495 g/mol. The molecule has 7 nitrogen and oxygen atoms in total. The van der Waals surface area contributed by atoms with E-state index in [1.54, 1.807) is 5.48 Å². The van der Waals surface area contributed by atoms with Gasteiger partial charge in [0.05, 0.1) is 16.8 Å². The van der Waals surface area contributed by atoms with Crippen LogP contribution >= 0.6 is 0 Å². The molecule has 4 aromatic rings. The first-order valence-electron chi connectivity index (χ1n) is 12.3. The molecule has 1 fully saturated rings. The number of carbonyl (C=O) groups is 2. The minimum absolute atomic E-state index is 0.190. The Bertz CT molecular complexity index is 1420. The predicted molar refractivity (Wildman–Crippen MR) is 140 cm³/mol. The fraction of sp³-hybridized carbons (Fsp3) is 0.233. The number of hydrogen-bond donors (Lipinski definition) is 3. The first-order valence-corrected chi connectivity index (χ1v) is 12.3. The molecular formula is C30H29N3O4. The maximum Gasteiger partial charge on any atom is 0.247 e. The van der Waals surface area contributed by atoms with Crippen molar-refractivity contribution < 1.29 is 19.5 Å². The van der Waals surface area contributed by atoms with Gasteiger partial charge in [0.15, 0.2) is 0 Å². The molecule has 3 N–H and O–H groups in total. The van der Waals surface area contributed by atoms with E-state index in [0.29, 0.717) is 31.7 Å². The van der Waals surface area contributed by atoms with Gasteiger partial charge in [-0.1, -0.05) is 60.7 Å². The predicted octanol–water partition coefficient (Wildman–Crippen LogP) is 4.49. The molecule has 1 aliphatic carbocycles. The lowest BCUT2D eigenvalue weighted by Gasteiger charge is -2.18. The Balaban J connectivity index is 1.26. The summed E-state index contributed by atoms with van der Waals surface area (Å²) in [5.74, 6) is -0.586. The number of pyridine rings is 1. The molecular weight excluding hydrogens is 466 g/mol. The molecule has 1 heterocycles. The van der Waals surface area contributed by atoms with Gasteiger partial charge < -0.3 is 10.1 Å². The van der Waals surface area contributed by atoms with Gasteiger partial charge in [0, 0.05) is 23.2 Å². The molecule has 2 unspecified atom stereocenters. The summed E-state index contributed by atoms with van der Waals surface area (Å²) >= 11 is 0. The van der Waals surface area contributed by atoms with E-state index < -0.39 is 17.2 Å². The van der Waals surface area contributed by atoms with E-state index in [2.05, 4.69) is 10.3 Å². The summed E-state index contributed by atoms with van der Waals surface area (Å²) in [6, 6.07) is 27.3. The van der Waals surface area contributed by atoms with Crippen molar-refractivity contribution in [3.8, 4) is 5.75 Å². The van der Waals surface area contributed by atoms with Gasteiger partial charge in [-0.3, -0.25) is 19.8 Å². The minimum Gasteiger partial charge on any atom is -0.489 e. The Morgan fingerprint density at radius 1 is 1.00 bits per heavy atom. The van der Waals surface area contributed by atoms with Crippen LogP contribution in [-0.4, -0.2) is 22.0 Å². The van der Waals surface area contributed by atoms with Crippen molar-refractivity contribution in [3.05, 3.63) is 107 Å². The smallest absolute Gasteiger partial charge is 0.247 e. The average molecular weight is 496 g/mol. The minimum atomic E-state index is -0.891. The van der Waals surface area contributed by atoms with Crippen LogP contribution in [0.4, 0.5) is 0 Å². The third kappa shape index (κ3) is 5.32. The molecule has 0 saturated heterocycles. The van der Waals surface area contributed by atoms with E-state index in [-0.39, 0.29) is 5.91 Å². The zero-order valence-corrected chi connectivity index (χ0v) is 20.6. The Morgan fingerprint density at radius 3 is 2.49 bits per heavy atom. The highest BCUT2D eigenvalue weighted by Crippen LogP contribution is 2.55. The van der Waals surface area contributed by atoms with Crippen molar-refractivity contribution in [3.63, 3.8) is 0 Å². The average Bonchev–Trinajstić information content (AvgIpc) is 3.66. The summed E-state index contributed by atoms with van der Waals surface area (Å²) in [6.45, 7) is 2.76. The Labute approximate surface area is 215 Å². The molecule has 188 valence electrons. The van der Waals surface area contributed by atoms with Crippen LogP contribution in [0, 0.1) is 18.3 Å². The number of aromatic nitrogens is 1. The fourth-order valence-corrected chi connectivity index (χ4v) is 4.95. The van der Waals surface area contributed by atoms with Gasteiger partial charge in [-0.05, 0) is 55.2 Å². The second kappa shape index (κ2) is 10.4. The van der Waals surface area contributed by atoms with Crippen LogP contribution in [0.5, 0.6) is 5.75 Å². The molecule has 5 rings (SSSR count). The SMILES string of the molecule is Cc1cc(COc2ccc(CC3(C(=O)NCc4ccccc4)CC3C(=O)NO)cc2)c2ccccc2n1. The van der Waals surface area contributed by atoms with Gasteiger partial charge in [0.25, 0.3) is 0 Å².